The third kappa shape index (κ3) is 4.90. The summed E-state index contributed by atoms with van der Waals surface area (Å²) in [4.78, 5) is 28.5. The Kier molecular flexibility index (Phi) is 6.92. The van der Waals surface area contributed by atoms with Crippen LogP contribution in [0.1, 0.15) is 22.6 Å². The Morgan fingerprint density at radius 2 is 2.00 bits per heavy atom. The smallest absolute Gasteiger partial charge is 0.239 e. The van der Waals surface area contributed by atoms with Gasteiger partial charge in [0.1, 0.15) is 17.6 Å². The van der Waals surface area contributed by atoms with Gasteiger partial charge >= 0.3 is 0 Å². The second-order valence-corrected chi connectivity index (χ2v) is 7.42. The molecule has 160 valence electrons. The second-order valence-electron chi connectivity index (χ2n) is 7.42. The van der Waals surface area contributed by atoms with Crippen LogP contribution < -0.4 is 5.32 Å². The van der Waals surface area contributed by atoms with Crippen LogP contribution in [-0.2, 0) is 20.9 Å². The monoisotopic (exact) mass is 413 g/mol. The first-order valence-corrected chi connectivity index (χ1v) is 9.86. The summed E-state index contributed by atoms with van der Waals surface area (Å²) in [5, 5.41) is 12.5. The number of anilines is 1. The number of nitrogens with one attached hydrogen (secondary N) is 1. The van der Waals surface area contributed by atoms with Crippen molar-refractivity contribution >= 4 is 17.6 Å². The zero-order valence-electron chi connectivity index (χ0n) is 17.6. The molecule has 0 atom stereocenters. The van der Waals surface area contributed by atoms with Crippen molar-refractivity contribution in [3.05, 3.63) is 41.0 Å². The number of hydrogen-bond donors (Lipinski definition) is 1. The molecule has 9 nitrogen and oxygen atoms in total. The SMILES string of the molecule is Cc1c(C#N)c(NC(=O)CN(C)CC(=O)N2CCOCC2)n(Cc2ccco2)c1C. The predicted molar refractivity (Wildman–Crippen MR) is 110 cm³/mol. The summed E-state index contributed by atoms with van der Waals surface area (Å²) in [5.41, 5.74) is 2.13. The molecule has 1 fully saturated rings. The van der Waals surface area contributed by atoms with Gasteiger partial charge in [-0.05, 0) is 38.6 Å². The van der Waals surface area contributed by atoms with Gasteiger partial charge in [-0.3, -0.25) is 14.5 Å². The zero-order valence-corrected chi connectivity index (χ0v) is 17.6. The van der Waals surface area contributed by atoms with Gasteiger partial charge in [-0.15, -0.1) is 0 Å². The van der Waals surface area contributed by atoms with Gasteiger partial charge in [0, 0.05) is 18.8 Å². The third-order valence-electron chi connectivity index (χ3n) is 5.28. The Labute approximate surface area is 175 Å². The molecule has 0 bridgehead atoms. The van der Waals surface area contributed by atoms with Gasteiger partial charge in [0.05, 0.1) is 44.7 Å². The molecule has 1 N–H and O–H groups in total. The number of nitriles is 1. The molecule has 1 aliphatic rings. The van der Waals surface area contributed by atoms with Gasteiger partial charge in [-0.1, -0.05) is 0 Å². The fourth-order valence-corrected chi connectivity index (χ4v) is 3.50. The van der Waals surface area contributed by atoms with Crippen molar-refractivity contribution < 1.29 is 18.7 Å². The number of aromatic nitrogens is 1. The Bertz CT molecular complexity index is 936. The number of furan rings is 1. The van der Waals surface area contributed by atoms with Crippen molar-refractivity contribution in [1.82, 2.24) is 14.4 Å². The first-order valence-electron chi connectivity index (χ1n) is 9.86. The van der Waals surface area contributed by atoms with E-state index in [-0.39, 0.29) is 24.9 Å². The van der Waals surface area contributed by atoms with Crippen LogP contribution >= 0.6 is 0 Å². The first-order chi connectivity index (χ1) is 14.4. The van der Waals surface area contributed by atoms with E-state index in [9.17, 15) is 14.9 Å². The highest BCUT2D eigenvalue weighted by molar-refractivity contribution is 5.93. The molecule has 2 aromatic heterocycles. The highest BCUT2D eigenvalue weighted by Gasteiger charge is 2.22. The normalized spacial score (nSPS) is 14.0. The largest absolute Gasteiger partial charge is 0.467 e. The molecule has 1 aliphatic heterocycles. The maximum absolute atomic E-state index is 12.7. The molecule has 0 aromatic carbocycles. The molecule has 0 radical (unpaired) electrons. The topological polar surface area (TPSA) is 104 Å². The molecule has 0 spiro atoms. The van der Waals surface area contributed by atoms with E-state index in [4.69, 9.17) is 9.15 Å². The predicted octanol–water partition coefficient (Wildman–Crippen LogP) is 1.35. The van der Waals surface area contributed by atoms with Crippen LogP contribution in [-0.4, -0.2) is 72.6 Å². The van der Waals surface area contributed by atoms with Gasteiger partial charge in [-0.2, -0.15) is 5.26 Å². The number of nitrogens with zero attached hydrogens (tertiary/aromatic N) is 4. The van der Waals surface area contributed by atoms with E-state index in [1.54, 1.807) is 29.2 Å². The van der Waals surface area contributed by atoms with Crippen molar-refractivity contribution in [3.63, 3.8) is 0 Å². The minimum absolute atomic E-state index is 0.0285. The van der Waals surface area contributed by atoms with Crippen LogP contribution in [0.25, 0.3) is 0 Å². The highest BCUT2D eigenvalue weighted by Crippen LogP contribution is 2.27. The maximum atomic E-state index is 12.7. The van der Waals surface area contributed by atoms with E-state index in [0.29, 0.717) is 44.2 Å². The van der Waals surface area contributed by atoms with Gasteiger partial charge in [0.25, 0.3) is 0 Å². The molecule has 0 unspecified atom stereocenters. The summed E-state index contributed by atoms with van der Waals surface area (Å²) in [5.74, 6) is 0.851. The molecule has 30 heavy (non-hydrogen) atoms. The van der Waals surface area contributed by atoms with Crippen molar-refractivity contribution in [2.45, 2.75) is 20.4 Å². The van der Waals surface area contributed by atoms with Crippen LogP contribution in [0.5, 0.6) is 0 Å². The van der Waals surface area contributed by atoms with Crippen molar-refractivity contribution in [1.29, 1.82) is 5.26 Å². The van der Waals surface area contributed by atoms with E-state index in [2.05, 4.69) is 11.4 Å². The lowest BCUT2D eigenvalue weighted by molar-refractivity contribution is -0.136. The highest BCUT2D eigenvalue weighted by atomic mass is 16.5. The molecule has 0 saturated carbocycles. The average Bonchev–Trinajstić information content (AvgIpc) is 3.31. The summed E-state index contributed by atoms with van der Waals surface area (Å²) in [6.45, 7) is 6.57. The van der Waals surface area contributed by atoms with E-state index in [1.807, 2.05) is 24.5 Å². The maximum Gasteiger partial charge on any atom is 0.239 e. The molecule has 3 rings (SSSR count). The summed E-state index contributed by atoms with van der Waals surface area (Å²) in [6.07, 6.45) is 1.59. The average molecular weight is 413 g/mol. The number of hydrogen-bond acceptors (Lipinski definition) is 6. The molecule has 1 saturated heterocycles. The fourth-order valence-electron chi connectivity index (χ4n) is 3.50. The molecule has 3 heterocycles. The number of carbonyl (C=O) groups excluding carboxylic acids is 2. The van der Waals surface area contributed by atoms with Crippen LogP contribution in [0.2, 0.25) is 0 Å². The van der Waals surface area contributed by atoms with Crippen LogP contribution in [0.15, 0.2) is 22.8 Å². The van der Waals surface area contributed by atoms with E-state index < -0.39 is 0 Å². The van der Waals surface area contributed by atoms with Gasteiger partial charge in [0.2, 0.25) is 11.8 Å². The first kappa shape index (κ1) is 21.6. The Morgan fingerprint density at radius 3 is 2.63 bits per heavy atom. The minimum Gasteiger partial charge on any atom is -0.467 e. The standard InChI is InChI=1S/C21H27N5O4/c1-15-16(2)26(12-17-5-4-8-30-17)21(18(15)11-22)23-19(27)13-24(3)14-20(28)25-6-9-29-10-7-25/h4-5,8H,6-7,9-10,12-14H2,1-3H3,(H,23,27). The van der Waals surface area contributed by atoms with Crippen LogP contribution in [0.4, 0.5) is 5.82 Å². The molecule has 9 heteroatoms. The fraction of sp³-hybridized carbons (Fsp3) is 0.476. The number of amides is 2. The molecule has 0 aliphatic carbocycles. The van der Waals surface area contributed by atoms with E-state index in [0.717, 1.165) is 17.0 Å². The lowest BCUT2D eigenvalue weighted by atomic mass is 10.2. The number of carbonyl (C=O) groups is 2. The van der Waals surface area contributed by atoms with Crippen LogP contribution in [0, 0.1) is 25.2 Å². The molecule has 2 aromatic rings. The Balaban J connectivity index is 1.67. The van der Waals surface area contributed by atoms with Crippen molar-refractivity contribution in [2.24, 2.45) is 0 Å². The van der Waals surface area contributed by atoms with E-state index in [1.165, 1.54) is 0 Å². The van der Waals surface area contributed by atoms with E-state index >= 15 is 0 Å². The van der Waals surface area contributed by atoms with Crippen molar-refractivity contribution in [3.8, 4) is 6.07 Å². The number of ether oxygens (including phenoxy) is 1. The van der Waals surface area contributed by atoms with Gasteiger partial charge in [0.15, 0.2) is 0 Å². The molecule has 2 amide bonds. The van der Waals surface area contributed by atoms with Crippen LogP contribution in [0.3, 0.4) is 0 Å². The molecular formula is C21H27N5O4. The number of morpholine rings is 1. The number of rotatable bonds is 7. The lowest BCUT2D eigenvalue weighted by Gasteiger charge is -2.28. The zero-order chi connectivity index (χ0) is 21.7. The quantitative estimate of drug-likeness (QED) is 0.735. The number of likely N-dealkylation sites (N-methyl/N-ethyl adjacent to an activating group) is 1. The Hall–Kier alpha value is -3.09. The molecular weight excluding hydrogens is 386 g/mol. The summed E-state index contributed by atoms with van der Waals surface area (Å²) in [7, 11) is 1.72. The summed E-state index contributed by atoms with van der Waals surface area (Å²) in [6, 6.07) is 5.83. The summed E-state index contributed by atoms with van der Waals surface area (Å²) >= 11 is 0. The lowest BCUT2D eigenvalue weighted by Crippen LogP contribution is -2.46. The third-order valence-corrected chi connectivity index (χ3v) is 5.28. The van der Waals surface area contributed by atoms with Gasteiger partial charge in [-0.25, -0.2) is 0 Å². The van der Waals surface area contributed by atoms with Crippen molar-refractivity contribution in [2.75, 3.05) is 51.8 Å². The summed E-state index contributed by atoms with van der Waals surface area (Å²) < 4.78 is 12.6. The second kappa shape index (κ2) is 9.61. The minimum atomic E-state index is -0.290. The van der Waals surface area contributed by atoms with Gasteiger partial charge < -0.3 is 23.9 Å². The Morgan fingerprint density at radius 1 is 1.27 bits per heavy atom.